The maximum atomic E-state index is 4.56. The van der Waals surface area contributed by atoms with E-state index in [1.165, 1.54) is 6.42 Å². The summed E-state index contributed by atoms with van der Waals surface area (Å²) in [4.78, 5) is 4.56. The van der Waals surface area contributed by atoms with Gasteiger partial charge in [0.1, 0.15) is 0 Å². The quantitative estimate of drug-likeness (QED) is 0.891. The molecule has 94 valence electrons. The van der Waals surface area contributed by atoms with Crippen LogP contribution in [0.2, 0.25) is 0 Å². The SMILES string of the molecule is CC(C)CC1CSC(=NCc2ccn(C)n2)N1. The molecule has 1 atom stereocenters. The normalized spacial score (nSPS) is 22.4. The van der Waals surface area contributed by atoms with Crippen molar-refractivity contribution in [2.24, 2.45) is 18.0 Å². The predicted molar refractivity (Wildman–Crippen MR) is 73.2 cm³/mol. The molecule has 1 aromatic heterocycles. The molecule has 0 spiro atoms. The summed E-state index contributed by atoms with van der Waals surface area (Å²) in [6, 6.07) is 2.59. The van der Waals surface area contributed by atoms with Gasteiger partial charge in [-0.15, -0.1) is 0 Å². The van der Waals surface area contributed by atoms with Crippen LogP contribution in [0.3, 0.4) is 0 Å². The Labute approximate surface area is 107 Å². The summed E-state index contributed by atoms with van der Waals surface area (Å²) in [7, 11) is 1.93. The van der Waals surface area contributed by atoms with Gasteiger partial charge in [0.2, 0.25) is 0 Å². The molecule has 17 heavy (non-hydrogen) atoms. The largest absolute Gasteiger partial charge is 0.361 e. The van der Waals surface area contributed by atoms with Gasteiger partial charge in [0.25, 0.3) is 0 Å². The van der Waals surface area contributed by atoms with Crippen LogP contribution in [0.25, 0.3) is 0 Å². The molecule has 1 unspecified atom stereocenters. The van der Waals surface area contributed by atoms with Crippen LogP contribution in [0.4, 0.5) is 0 Å². The number of aromatic nitrogens is 2. The molecule has 0 bridgehead atoms. The molecule has 5 heteroatoms. The smallest absolute Gasteiger partial charge is 0.157 e. The minimum atomic E-state index is 0.586. The Bertz CT molecular complexity index is 397. The van der Waals surface area contributed by atoms with Crippen molar-refractivity contribution in [1.82, 2.24) is 15.1 Å². The van der Waals surface area contributed by atoms with Crippen LogP contribution in [0, 0.1) is 5.92 Å². The molecule has 0 amide bonds. The third-order valence-electron chi connectivity index (χ3n) is 2.66. The van der Waals surface area contributed by atoms with Gasteiger partial charge in [-0.2, -0.15) is 5.10 Å². The first-order valence-electron chi connectivity index (χ1n) is 6.06. The number of rotatable bonds is 4. The Morgan fingerprint density at radius 1 is 1.65 bits per heavy atom. The molecule has 0 aliphatic carbocycles. The zero-order valence-corrected chi connectivity index (χ0v) is 11.5. The van der Waals surface area contributed by atoms with Crippen LogP contribution in [-0.4, -0.2) is 26.7 Å². The first kappa shape index (κ1) is 12.5. The zero-order chi connectivity index (χ0) is 12.3. The summed E-state index contributed by atoms with van der Waals surface area (Å²) in [6.45, 7) is 5.19. The number of nitrogens with zero attached hydrogens (tertiary/aromatic N) is 3. The van der Waals surface area contributed by atoms with E-state index in [9.17, 15) is 0 Å². The van der Waals surface area contributed by atoms with Crippen molar-refractivity contribution in [3.63, 3.8) is 0 Å². The summed E-state index contributed by atoms with van der Waals surface area (Å²) in [5, 5.41) is 8.86. The second kappa shape index (κ2) is 5.58. The zero-order valence-electron chi connectivity index (χ0n) is 10.7. The fourth-order valence-corrected chi connectivity index (χ4v) is 2.91. The number of nitrogens with one attached hydrogen (secondary N) is 1. The highest BCUT2D eigenvalue weighted by Gasteiger charge is 2.20. The molecule has 1 aromatic rings. The van der Waals surface area contributed by atoms with E-state index in [4.69, 9.17) is 0 Å². The first-order valence-corrected chi connectivity index (χ1v) is 7.04. The fraction of sp³-hybridized carbons (Fsp3) is 0.667. The third kappa shape index (κ3) is 3.77. The number of hydrogen-bond donors (Lipinski definition) is 1. The lowest BCUT2D eigenvalue weighted by Crippen LogP contribution is -2.28. The van der Waals surface area contributed by atoms with Gasteiger partial charge in [0.15, 0.2) is 5.17 Å². The molecule has 1 aliphatic rings. The van der Waals surface area contributed by atoms with E-state index in [-0.39, 0.29) is 0 Å². The Hall–Kier alpha value is -0.970. The molecule has 0 saturated carbocycles. The fourth-order valence-electron chi connectivity index (χ4n) is 1.93. The standard InChI is InChI=1S/C12H20N4S/c1-9(2)6-11-8-17-12(14-11)13-7-10-4-5-16(3)15-10/h4-5,9,11H,6-8H2,1-3H3,(H,13,14). The lowest BCUT2D eigenvalue weighted by Gasteiger charge is -2.11. The van der Waals surface area contributed by atoms with Gasteiger partial charge in [-0.25, -0.2) is 0 Å². The topological polar surface area (TPSA) is 42.2 Å². The molecule has 4 nitrogen and oxygen atoms in total. The van der Waals surface area contributed by atoms with E-state index in [1.54, 1.807) is 0 Å². The minimum Gasteiger partial charge on any atom is -0.361 e. The van der Waals surface area contributed by atoms with Crippen molar-refractivity contribution < 1.29 is 0 Å². The first-order chi connectivity index (χ1) is 8.13. The predicted octanol–water partition coefficient (Wildman–Crippen LogP) is 2.03. The van der Waals surface area contributed by atoms with Crippen molar-refractivity contribution in [2.75, 3.05) is 5.75 Å². The van der Waals surface area contributed by atoms with E-state index in [0.29, 0.717) is 12.6 Å². The van der Waals surface area contributed by atoms with E-state index in [2.05, 4.69) is 29.3 Å². The minimum absolute atomic E-state index is 0.586. The van der Waals surface area contributed by atoms with Gasteiger partial charge in [-0.1, -0.05) is 25.6 Å². The van der Waals surface area contributed by atoms with Crippen molar-refractivity contribution in [3.8, 4) is 0 Å². The summed E-state index contributed by atoms with van der Waals surface area (Å²) < 4.78 is 1.81. The van der Waals surface area contributed by atoms with Crippen molar-refractivity contribution in [1.29, 1.82) is 0 Å². The van der Waals surface area contributed by atoms with Crippen LogP contribution in [-0.2, 0) is 13.6 Å². The van der Waals surface area contributed by atoms with Crippen molar-refractivity contribution in [2.45, 2.75) is 32.9 Å². The highest BCUT2D eigenvalue weighted by atomic mass is 32.2. The molecule has 0 radical (unpaired) electrons. The lowest BCUT2D eigenvalue weighted by molar-refractivity contribution is 0.502. The molecule has 1 aliphatic heterocycles. The lowest BCUT2D eigenvalue weighted by atomic mass is 10.1. The Morgan fingerprint density at radius 2 is 2.47 bits per heavy atom. The van der Waals surface area contributed by atoms with E-state index in [1.807, 2.05) is 35.8 Å². The highest BCUT2D eigenvalue weighted by molar-refractivity contribution is 8.14. The van der Waals surface area contributed by atoms with E-state index in [0.717, 1.165) is 22.5 Å². The number of hydrogen-bond acceptors (Lipinski definition) is 3. The average Bonchev–Trinajstić information content (AvgIpc) is 2.84. The average molecular weight is 252 g/mol. The van der Waals surface area contributed by atoms with Gasteiger partial charge in [0, 0.05) is 25.0 Å². The van der Waals surface area contributed by atoms with E-state index >= 15 is 0 Å². The second-order valence-electron chi connectivity index (χ2n) is 4.88. The van der Waals surface area contributed by atoms with Crippen molar-refractivity contribution >= 4 is 16.9 Å². The molecule has 2 rings (SSSR count). The Balaban J connectivity index is 1.83. The molecular formula is C12H20N4S. The van der Waals surface area contributed by atoms with Gasteiger partial charge in [0.05, 0.1) is 12.2 Å². The van der Waals surface area contributed by atoms with Crippen molar-refractivity contribution in [3.05, 3.63) is 18.0 Å². The van der Waals surface area contributed by atoms with Gasteiger partial charge in [-0.3, -0.25) is 9.67 Å². The summed E-state index contributed by atoms with van der Waals surface area (Å²) >= 11 is 1.82. The van der Waals surface area contributed by atoms with E-state index < -0.39 is 0 Å². The molecule has 1 saturated heterocycles. The number of thioether (sulfide) groups is 1. The van der Waals surface area contributed by atoms with Crippen LogP contribution in [0.5, 0.6) is 0 Å². The third-order valence-corrected chi connectivity index (χ3v) is 3.75. The number of aryl methyl sites for hydroxylation is 1. The maximum Gasteiger partial charge on any atom is 0.157 e. The Morgan fingerprint density at radius 3 is 3.12 bits per heavy atom. The summed E-state index contributed by atoms with van der Waals surface area (Å²) in [5.41, 5.74) is 1.02. The molecular weight excluding hydrogens is 232 g/mol. The molecule has 0 aromatic carbocycles. The summed E-state index contributed by atoms with van der Waals surface area (Å²) in [5.74, 6) is 1.88. The summed E-state index contributed by atoms with van der Waals surface area (Å²) in [6.07, 6.45) is 3.17. The monoisotopic (exact) mass is 252 g/mol. The molecule has 2 heterocycles. The van der Waals surface area contributed by atoms with Crippen LogP contribution >= 0.6 is 11.8 Å². The maximum absolute atomic E-state index is 4.56. The highest BCUT2D eigenvalue weighted by Crippen LogP contribution is 2.19. The molecule has 1 N–H and O–H groups in total. The second-order valence-corrected chi connectivity index (χ2v) is 5.89. The van der Waals surface area contributed by atoms with Crippen LogP contribution in [0.15, 0.2) is 17.3 Å². The van der Waals surface area contributed by atoms with Gasteiger partial charge in [-0.05, 0) is 18.4 Å². The van der Waals surface area contributed by atoms with Gasteiger partial charge >= 0.3 is 0 Å². The van der Waals surface area contributed by atoms with Gasteiger partial charge < -0.3 is 5.32 Å². The molecule has 1 fully saturated rings. The Kier molecular flexibility index (Phi) is 4.10. The number of amidine groups is 1. The van der Waals surface area contributed by atoms with Crippen LogP contribution < -0.4 is 5.32 Å². The number of aliphatic imine (C=N–C) groups is 1. The van der Waals surface area contributed by atoms with Crippen LogP contribution in [0.1, 0.15) is 26.0 Å².